The number of aromatic nitrogens is 2. The predicted molar refractivity (Wildman–Crippen MR) is 80.3 cm³/mol. The second-order valence-corrected chi connectivity index (χ2v) is 6.02. The zero-order chi connectivity index (χ0) is 14.7. The largest absolute Gasteiger partial charge is 0.396 e. The monoisotopic (exact) mass is 278 g/mol. The van der Waals surface area contributed by atoms with Crippen LogP contribution < -0.4 is 5.73 Å². The average Bonchev–Trinajstić information content (AvgIpc) is 2.67. The molecule has 0 radical (unpaired) electrons. The van der Waals surface area contributed by atoms with Crippen molar-refractivity contribution in [2.45, 2.75) is 52.5 Å². The topological polar surface area (TPSA) is 64.2 Å². The predicted octanol–water partition coefficient (Wildman–Crippen LogP) is 2.12. The van der Waals surface area contributed by atoms with Crippen molar-refractivity contribution >= 4 is 11.6 Å². The summed E-state index contributed by atoms with van der Waals surface area (Å²) in [4.78, 5) is 14.1. The van der Waals surface area contributed by atoms with E-state index < -0.39 is 0 Å². The summed E-state index contributed by atoms with van der Waals surface area (Å²) >= 11 is 0. The van der Waals surface area contributed by atoms with Gasteiger partial charge in [0.1, 0.15) is 6.54 Å². The number of likely N-dealkylation sites (N-methyl/N-ethyl adjacent to an activating group) is 1. The number of amides is 1. The smallest absolute Gasteiger partial charge is 0.244 e. The first kappa shape index (κ1) is 14.9. The maximum atomic E-state index is 12.3. The standard InChI is InChI=1S/C15H26N4O/c1-11-15(16)12(2)19(17-11)10-14(20)18(3)9-13-7-5-4-6-8-13/h13H,4-10,16H2,1-3H3. The van der Waals surface area contributed by atoms with Gasteiger partial charge in [0.15, 0.2) is 0 Å². The lowest BCUT2D eigenvalue weighted by molar-refractivity contribution is -0.131. The molecule has 1 saturated carbocycles. The third kappa shape index (κ3) is 3.32. The first-order valence-corrected chi connectivity index (χ1v) is 7.52. The summed E-state index contributed by atoms with van der Waals surface area (Å²) in [7, 11) is 1.89. The molecule has 2 rings (SSSR count). The van der Waals surface area contributed by atoms with Gasteiger partial charge in [-0.05, 0) is 32.6 Å². The van der Waals surface area contributed by atoms with Crippen molar-refractivity contribution in [1.29, 1.82) is 0 Å². The van der Waals surface area contributed by atoms with E-state index >= 15 is 0 Å². The van der Waals surface area contributed by atoms with Gasteiger partial charge in [-0.2, -0.15) is 5.10 Å². The van der Waals surface area contributed by atoms with Crippen LogP contribution in [0.25, 0.3) is 0 Å². The molecule has 1 fully saturated rings. The van der Waals surface area contributed by atoms with Crippen LogP contribution in [0, 0.1) is 19.8 Å². The molecular formula is C15H26N4O. The maximum absolute atomic E-state index is 12.3. The molecule has 1 aromatic rings. The Morgan fingerprint density at radius 2 is 2.00 bits per heavy atom. The molecule has 1 aromatic heterocycles. The summed E-state index contributed by atoms with van der Waals surface area (Å²) in [5.74, 6) is 0.782. The number of nitrogen functional groups attached to an aromatic ring is 1. The molecule has 5 heteroatoms. The molecule has 0 spiro atoms. The molecule has 0 unspecified atom stereocenters. The van der Waals surface area contributed by atoms with E-state index in [2.05, 4.69) is 5.10 Å². The van der Waals surface area contributed by atoms with E-state index in [1.807, 2.05) is 25.8 Å². The van der Waals surface area contributed by atoms with Crippen molar-refractivity contribution < 1.29 is 4.79 Å². The Bertz CT molecular complexity index is 474. The van der Waals surface area contributed by atoms with Crippen molar-refractivity contribution in [3.05, 3.63) is 11.4 Å². The Labute approximate surface area is 121 Å². The number of carbonyl (C=O) groups is 1. The first-order chi connectivity index (χ1) is 9.49. The van der Waals surface area contributed by atoms with E-state index in [0.29, 0.717) is 11.6 Å². The third-order valence-corrected chi connectivity index (χ3v) is 4.41. The van der Waals surface area contributed by atoms with Crippen LogP contribution in [0.15, 0.2) is 0 Å². The summed E-state index contributed by atoms with van der Waals surface area (Å²) in [6, 6.07) is 0. The van der Waals surface area contributed by atoms with Gasteiger partial charge in [0.05, 0.1) is 17.1 Å². The number of nitrogens with two attached hydrogens (primary N) is 1. The fourth-order valence-electron chi connectivity index (χ4n) is 2.97. The van der Waals surface area contributed by atoms with E-state index in [-0.39, 0.29) is 12.5 Å². The summed E-state index contributed by atoms with van der Waals surface area (Å²) in [6.45, 7) is 4.93. The van der Waals surface area contributed by atoms with Crippen LogP contribution in [-0.4, -0.2) is 34.2 Å². The Morgan fingerprint density at radius 1 is 1.35 bits per heavy atom. The molecule has 0 aromatic carbocycles. The minimum atomic E-state index is 0.112. The second kappa shape index (κ2) is 6.29. The fourth-order valence-corrected chi connectivity index (χ4v) is 2.97. The molecule has 112 valence electrons. The summed E-state index contributed by atoms with van der Waals surface area (Å²) in [5, 5.41) is 4.32. The minimum Gasteiger partial charge on any atom is -0.396 e. The summed E-state index contributed by atoms with van der Waals surface area (Å²) in [5.41, 5.74) is 8.26. The molecule has 0 atom stereocenters. The highest BCUT2D eigenvalue weighted by molar-refractivity contribution is 5.76. The van der Waals surface area contributed by atoms with E-state index in [4.69, 9.17) is 5.73 Å². The lowest BCUT2D eigenvalue weighted by atomic mass is 9.89. The lowest BCUT2D eigenvalue weighted by Crippen LogP contribution is -2.35. The molecule has 0 bridgehead atoms. The van der Waals surface area contributed by atoms with E-state index in [0.717, 1.165) is 17.9 Å². The number of anilines is 1. The quantitative estimate of drug-likeness (QED) is 0.917. The van der Waals surface area contributed by atoms with Gasteiger partial charge in [0.25, 0.3) is 0 Å². The highest BCUT2D eigenvalue weighted by Crippen LogP contribution is 2.24. The normalized spacial score (nSPS) is 16.4. The van der Waals surface area contributed by atoms with Crippen LogP contribution in [0.2, 0.25) is 0 Å². The molecule has 1 aliphatic carbocycles. The molecule has 0 saturated heterocycles. The second-order valence-electron chi connectivity index (χ2n) is 6.02. The molecule has 1 amide bonds. The molecule has 1 heterocycles. The number of hydrogen-bond donors (Lipinski definition) is 1. The van der Waals surface area contributed by atoms with Gasteiger partial charge in [0.2, 0.25) is 5.91 Å². The zero-order valence-electron chi connectivity index (χ0n) is 12.9. The number of hydrogen-bond acceptors (Lipinski definition) is 3. The third-order valence-electron chi connectivity index (χ3n) is 4.41. The number of nitrogens with zero attached hydrogens (tertiary/aromatic N) is 3. The fraction of sp³-hybridized carbons (Fsp3) is 0.733. The van der Waals surface area contributed by atoms with Crippen molar-refractivity contribution in [3.63, 3.8) is 0 Å². The number of aryl methyl sites for hydroxylation is 1. The molecule has 1 aliphatic rings. The van der Waals surface area contributed by atoms with E-state index in [1.165, 1.54) is 32.1 Å². The van der Waals surface area contributed by atoms with E-state index in [1.54, 1.807) is 4.68 Å². The van der Waals surface area contributed by atoms with Gasteiger partial charge in [-0.1, -0.05) is 19.3 Å². The number of carbonyl (C=O) groups excluding carboxylic acids is 1. The Balaban J connectivity index is 1.91. The number of rotatable bonds is 4. The molecule has 0 aliphatic heterocycles. The van der Waals surface area contributed by atoms with Crippen LogP contribution in [-0.2, 0) is 11.3 Å². The molecular weight excluding hydrogens is 252 g/mol. The lowest BCUT2D eigenvalue weighted by Gasteiger charge is -2.27. The van der Waals surface area contributed by atoms with Crippen molar-refractivity contribution in [2.75, 3.05) is 19.3 Å². The van der Waals surface area contributed by atoms with Crippen LogP contribution in [0.4, 0.5) is 5.69 Å². The molecule has 20 heavy (non-hydrogen) atoms. The van der Waals surface area contributed by atoms with Gasteiger partial charge in [-0.25, -0.2) is 0 Å². The van der Waals surface area contributed by atoms with Crippen molar-refractivity contribution in [3.8, 4) is 0 Å². The van der Waals surface area contributed by atoms with Gasteiger partial charge in [-0.15, -0.1) is 0 Å². The maximum Gasteiger partial charge on any atom is 0.244 e. The van der Waals surface area contributed by atoms with Gasteiger partial charge < -0.3 is 10.6 Å². The Kier molecular flexibility index (Phi) is 4.68. The SMILES string of the molecule is Cc1nn(CC(=O)N(C)CC2CCCCC2)c(C)c1N. The minimum absolute atomic E-state index is 0.112. The summed E-state index contributed by atoms with van der Waals surface area (Å²) in [6.07, 6.45) is 6.47. The Hall–Kier alpha value is -1.52. The van der Waals surface area contributed by atoms with Crippen LogP contribution in [0.5, 0.6) is 0 Å². The van der Waals surface area contributed by atoms with Crippen LogP contribution in [0.3, 0.4) is 0 Å². The highest BCUT2D eigenvalue weighted by atomic mass is 16.2. The highest BCUT2D eigenvalue weighted by Gasteiger charge is 2.19. The van der Waals surface area contributed by atoms with Crippen LogP contribution >= 0.6 is 0 Å². The van der Waals surface area contributed by atoms with Crippen LogP contribution in [0.1, 0.15) is 43.5 Å². The first-order valence-electron chi connectivity index (χ1n) is 7.52. The van der Waals surface area contributed by atoms with Crippen molar-refractivity contribution in [2.24, 2.45) is 5.92 Å². The average molecular weight is 278 g/mol. The molecule has 2 N–H and O–H groups in total. The van der Waals surface area contributed by atoms with Gasteiger partial charge in [0, 0.05) is 13.6 Å². The van der Waals surface area contributed by atoms with E-state index in [9.17, 15) is 4.79 Å². The van der Waals surface area contributed by atoms with Gasteiger partial charge >= 0.3 is 0 Å². The Morgan fingerprint density at radius 3 is 2.55 bits per heavy atom. The summed E-state index contributed by atoms with van der Waals surface area (Å²) < 4.78 is 1.71. The van der Waals surface area contributed by atoms with Gasteiger partial charge in [-0.3, -0.25) is 9.48 Å². The molecule has 5 nitrogen and oxygen atoms in total. The zero-order valence-corrected chi connectivity index (χ0v) is 12.9. The van der Waals surface area contributed by atoms with Crippen molar-refractivity contribution in [1.82, 2.24) is 14.7 Å².